The molecule has 0 saturated heterocycles. The van der Waals surface area contributed by atoms with Gasteiger partial charge in [-0.25, -0.2) is 4.98 Å². The number of benzene rings is 3. The zero-order chi connectivity index (χ0) is 21.1. The topological polar surface area (TPSA) is 60.5 Å². The van der Waals surface area contributed by atoms with Gasteiger partial charge in [0.25, 0.3) is 5.91 Å². The summed E-state index contributed by atoms with van der Waals surface area (Å²) in [5.41, 5.74) is 3.96. The standard InChI is InChI=1S/C24H22N2O3S/c1-15-7-12-21-22(13-15)30-24(26-21)17-8-10-18(11-9-17)25-23(27)16(2)29-20-6-4-5-19(14-20)28-3/h4-14,16H,1-3H3,(H,25,27). The molecule has 0 aliphatic heterocycles. The van der Waals surface area contributed by atoms with Crippen molar-refractivity contribution in [3.8, 4) is 22.1 Å². The maximum atomic E-state index is 12.5. The summed E-state index contributed by atoms with van der Waals surface area (Å²) in [6.07, 6.45) is -0.649. The number of aryl methyl sites for hydroxylation is 1. The molecule has 0 spiro atoms. The summed E-state index contributed by atoms with van der Waals surface area (Å²) in [4.78, 5) is 17.2. The molecule has 0 aliphatic carbocycles. The minimum Gasteiger partial charge on any atom is -0.497 e. The highest BCUT2D eigenvalue weighted by atomic mass is 32.1. The van der Waals surface area contributed by atoms with Crippen molar-refractivity contribution in [2.24, 2.45) is 0 Å². The molecule has 4 aromatic rings. The van der Waals surface area contributed by atoms with E-state index in [1.165, 1.54) is 10.3 Å². The Balaban J connectivity index is 1.42. The number of anilines is 1. The first kappa shape index (κ1) is 19.9. The monoisotopic (exact) mass is 418 g/mol. The third-order valence-corrected chi connectivity index (χ3v) is 5.73. The lowest BCUT2D eigenvalue weighted by molar-refractivity contribution is -0.122. The second-order valence-corrected chi connectivity index (χ2v) is 8.03. The molecule has 1 aromatic heterocycles. The van der Waals surface area contributed by atoms with Crippen LogP contribution in [0.2, 0.25) is 0 Å². The number of carbonyl (C=O) groups excluding carboxylic acids is 1. The Bertz CT molecular complexity index is 1180. The summed E-state index contributed by atoms with van der Waals surface area (Å²) >= 11 is 1.66. The number of carbonyl (C=O) groups is 1. The highest BCUT2D eigenvalue weighted by Crippen LogP contribution is 2.31. The lowest BCUT2D eigenvalue weighted by Gasteiger charge is -2.15. The molecule has 0 fully saturated rings. The van der Waals surface area contributed by atoms with E-state index in [0.29, 0.717) is 17.2 Å². The number of thiazole rings is 1. The number of methoxy groups -OCH3 is 1. The van der Waals surface area contributed by atoms with Crippen LogP contribution in [-0.2, 0) is 4.79 Å². The Labute approximate surface area is 179 Å². The highest BCUT2D eigenvalue weighted by Gasteiger charge is 2.15. The zero-order valence-electron chi connectivity index (χ0n) is 17.0. The Kier molecular flexibility index (Phi) is 5.68. The van der Waals surface area contributed by atoms with E-state index < -0.39 is 6.10 Å². The van der Waals surface area contributed by atoms with Crippen LogP contribution in [0.3, 0.4) is 0 Å². The van der Waals surface area contributed by atoms with Gasteiger partial charge in [-0.2, -0.15) is 0 Å². The molecule has 0 bridgehead atoms. The van der Waals surface area contributed by atoms with Gasteiger partial charge < -0.3 is 14.8 Å². The van der Waals surface area contributed by atoms with Crippen LogP contribution in [0.5, 0.6) is 11.5 Å². The molecule has 4 rings (SSSR count). The molecular formula is C24H22N2O3S. The minimum atomic E-state index is -0.649. The SMILES string of the molecule is COc1cccc(OC(C)C(=O)Nc2ccc(-c3nc4ccc(C)cc4s3)cc2)c1. The molecule has 0 saturated carbocycles. The molecule has 1 N–H and O–H groups in total. The van der Waals surface area contributed by atoms with Crippen LogP contribution in [0, 0.1) is 6.92 Å². The van der Waals surface area contributed by atoms with Gasteiger partial charge in [0.15, 0.2) is 6.10 Å². The molecule has 3 aromatic carbocycles. The summed E-state index contributed by atoms with van der Waals surface area (Å²) in [7, 11) is 1.59. The maximum Gasteiger partial charge on any atom is 0.265 e. The van der Waals surface area contributed by atoms with E-state index in [1.807, 2.05) is 42.5 Å². The van der Waals surface area contributed by atoms with Crippen LogP contribution in [0.25, 0.3) is 20.8 Å². The fourth-order valence-corrected chi connectivity index (χ4v) is 4.10. The number of fused-ring (bicyclic) bond motifs is 1. The van der Waals surface area contributed by atoms with Crippen molar-refractivity contribution >= 4 is 33.1 Å². The largest absolute Gasteiger partial charge is 0.497 e. The van der Waals surface area contributed by atoms with Crippen LogP contribution < -0.4 is 14.8 Å². The first-order valence-electron chi connectivity index (χ1n) is 9.61. The van der Waals surface area contributed by atoms with E-state index in [9.17, 15) is 4.79 Å². The molecule has 5 nitrogen and oxygen atoms in total. The van der Waals surface area contributed by atoms with Gasteiger partial charge in [0.05, 0.1) is 17.3 Å². The van der Waals surface area contributed by atoms with E-state index >= 15 is 0 Å². The third-order valence-electron chi connectivity index (χ3n) is 4.67. The average molecular weight is 419 g/mol. The van der Waals surface area contributed by atoms with Gasteiger partial charge in [0.2, 0.25) is 0 Å². The van der Waals surface area contributed by atoms with E-state index in [0.717, 1.165) is 16.1 Å². The summed E-state index contributed by atoms with van der Waals surface area (Å²) in [5.74, 6) is 1.04. The van der Waals surface area contributed by atoms with Crippen molar-refractivity contribution in [3.63, 3.8) is 0 Å². The van der Waals surface area contributed by atoms with Gasteiger partial charge in [-0.15, -0.1) is 11.3 Å². The van der Waals surface area contributed by atoms with Crippen molar-refractivity contribution in [2.75, 3.05) is 12.4 Å². The van der Waals surface area contributed by atoms with E-state index in [2.05, 4.69) is 24.4 Å². The van der Waals surface area contributed by atoms with Crippen LogP contribution in [0.15, 0.2) is 66.7 Å². The smallest absolute Gasteiger partial charge is 0.265 e. The summed E-state index contributed by atoms with van der Waals surface area (Å²) in [5, 5.41) is 3.85. The number of amides is 1. The Hall–Kier alpha value is -3.38. The number of nitrogens with one attached hydrogen (secondary N) is 1. The second kappa shape index (κ2) is 8.55. The fourth-order valence-electron chi connectivity index (χ4n) is 3.03. The average Bonchev–Trinajstić information content (AvgIpc) is 3.17. The third kappa shape index (κ3) is 4.44. The van der Waals surface area contributed by atoms with Gasteiger partial charge in [-0.3, -0.25) is 4.79 Å². The van der Waals surface area contributed by atoms with Gasteiger partial charge in [-0.1, -0.05) is 12.1 Å². The van der Waals surface area contributed by atoms with Crippen molar-refractivity contribution < 1.29 is 14.3 Å². The molecule has 1 amide bonds. The van der Waals surface area contributed by atoms with E-state index in [-0.39, 0.29) is 5.91 Å². The Morgan fingerprint density at radius 1 is 1.03 bits per heavy atom. The molecule has 1 heterocycles. The Morgan fingerprint density at radius 3 is 2.57 bits per heavy atom. The first-order chi connectivity index (χ1) is 14.5. The normalized spacial score (nSPS) is 11.8. The second-order valence-electron chi connectivity index (χ2n) is 7.00. The van der Waals surface area contributed by atoms with Crippen molar-refractivity contribution in [2.45, 2.75) is 20.0 Å². The first-order valence-corrected chi connectivity index (χ1v) is 10.4. The van der Waals surface area contributed by atoms with Crippen molar-refractivity contribution in [1.29, 1.82) is 0 Å². The molecule has 152 valence electrons. The molecule has 6 heteroatoms. The summed E-state index contributed by atoms with van der Waals surface area (Å²) in [6.45, 7) is 3.79. The van der Waals surface area contributed by atoms with Gasteiger partial charge >= 0.3 is 0 Å². The molecule has 0 aliphatic rings. The van der Waals surface area contributed by atoms with Crippen LogP contribution in [0.1, 0.15) is 12.5 Å². The number of aromatic nitrogens is 1. The lowest BCUT2D eigenvalue weighted by atomic mass is 10.2. The number of rotatable bonds is 6. The van der Waals surface area contributed by atoms with Gasteiger partial charge in [0, 0.05) is 17.3 Å². The van der Waals surface area contributed by atoms with Crippen molar-refractivity contribution in [3.05, 3.63) is 72.3 Å². The summed E-state index contributed by atoms with van der Waals surface area (Å²) in [6, 6.07) is 21.1. The predicted octanol–water partition coefficient (Wildman–Crippen LogP) is 5.69. The molecular weight excluding hydrogens is 396 g/mol. The van der Waals surface area contributed by atoms with E-state index in [4.69, 9.17) is 14.5 Å². The fraction of sp³-hybridized carbons (Fsp3) is 0.167. The van der Waals surface area contributed by atoms with Gasteiger partial charge in [-0.05, 0) is 67.9 Å². The van der Waals surface area contributed by atoms with Crippen LogP contribution in [0.4, 0.5) is 5.69 Å². The molecule has 0 radical (unpaired) electrons. The highest BCUT2D eigenvalue weighted by molar-refractivity contribution is 7.21. The minimum absolute atomic E-state index is 0.221. The zero-order valence-corrected chi connectivity index (χ0v) is 17.8. The molecule has 1 unspecified atom stereocenters. The predicted molar refractivity (Wildman–Crippen MR) is 122 cm³/mol. The number of nitrogens with zero attached hydrogens (tertiary/aromatic N) is 1. The quantitative estimate of drug-likeness (QED) is 0.437. The van der Waals surface area contributed by atoms with Gasteiger partial charge in [0.1, 0.15) is 16.5 Å². The van der Waals surface area contributed by atoms with E-state index in [1.54, 1.807) is 37.5 Å². The van der Waals surface area contributed by atoms with Crippen LogP contribution in [-0.4, -0.2) is 24.1 Å². The Morgan fingerprint density at radius 2 is 1.80 bits per heavy atom. The maximum absolute atomic E-state index is 12.5. The lowest BCUT2D eigenvalue weighted by Crippen LogP contribution is -2.30. The van der Waals surface area contributed by atoms with Crippen LogP contribution >= 0.6 is 11.3 Å². The summed E-state index contributed by atoms with van der Waals surface area (Å²) < 4.78 is 12.1. The molecule has 1 atom stereocenters. The number of hydrogen-bond acceptors (Lipinski definition) is 5. The number of hydrogen-bond donors (Lipinski definition) is 1. The van der Waals surface area contributed by atoms with Crippen molar-refractivity contribution in [1.82, 2.24) is 4.98 Å². The number of ether oxygens (including phenoxy) is 2. The molecule has 30 heavy (non-hydrogen) atoms.